The van der Waals surface area contributed by atoms with Gasteiger partial charge in [-0.3, -0.25) is 25.0 Å². The minimum Gasteiger partial charge on any atom is -0.394 e. The maximum absolute atomic E-state index is 11.9. The molecule has 0 saturated heterocycles. The number of nitro benzene ring substituents is 2. The lowest BCUT2D eigenvalue weighted by atomic mass is 10.2. The minimum absolute atomic E-state index is 0.0451. The first kappa shape index (κ1) is 30.2. The van der Waals surface area contributed by atoms with Crippen molar-refractivity contribution in [1.29, 1.82) is 0 Å². The smallest absolute Gasteiger partial charge is 0.303 e. The molecule has 1 unspecified atom stereocenters. The van der Waals surface area contributed by atoms with Crippen molar-refractivity contribution >= 4 is 40.0 Å². The van der Waals surface area contributed by atoms with Crippen LogP contribution in [0.2, 0.25) is 0 Å². The summed E-state index contributed by atoms with van der Waals surface area (Å²) in [7, 11) is 0. The van der Waals surface area contributed by atoms with Gasteiger partial charge in [0.25, 0.3) is 5.69 Å². The number of benzene rings is 2. The van der Waals surface area contributed by atoms with E-state index >= 15 is 0 Å². The number of nitrogens with zero attached hydrogens (tertiary/aromatic N) is 5. The van der Waals surface area contributed by atoms with Crippen LogP contribution in [0.1, 0.15) is 27.7 Å². The number of aliphatic hydroxyl groups excluding tert-OH is 1. The van der Waals surface area contributed by atoms with E-state index in [9.17, 15) is 30.1 Å². The van der Waals surface area contributed by atoms with Crippen LogP contribution in [0.4, 0.5) is 34.1 Å². The predicted molar refractivity (Wildman–Crippen MR) is 140 cm³/mol. The molecule has 0 radical (unpaired) electrons. The van der Waals surface area contributed by atoms with E-state index in [1.807, 2.05) is 18.7 Å². The molecule has 2 rings (SSSR count). The van der Waals surface area contributed by atoms with E-state index in [2.05, 4.69) is 15.5 Å². The van der Waals surface area contributed by atoms with Crippen LogP contribution in [0.3, 0.4) is 0 Å². The van der Waals surface area contributed by atoms with E-state index in [-0.39, 0.29) is 36.1 Å². The second-order valence-corrected chi connectivity index (χ2v) is 8.54. The molecule has 0 saturated carbocycles. The molecule has 38 heavy (non-hydrogen) atoms. The molecule has 2 N–H and O–H groups in total. The molecular weight excluding hydrogens is 500 g/mol. The number of nitrogens with one attached hydrogen (secondary N) is 1. The summed E-state index contributed by atoms with van der Waals surface area (Å²) in [6, 6.07) is 8.06. The topological polar surface area (TPSA) is 182 Å². The van der Waals surface area contributed by atoms with Gasteiger partial charge in [0.15, 0.2) is 5.69 Å². The number of rotatable bonds is 15. The Hall–Kier alpha value is -4.01. The van der Waals surface area contributed by atoms with Crippen molar-refractivity contribution < 1.29 is 29.2 Å². The van der Waals surface area contributed by atoms with Gasteiger partial charge in [0, 0.05) is 31.8 Å². The lowest BCUT2D eigenvalue weighted by Crippen LogP contribution is -2.32. The highest BCUT2D eigenvalue weighted by Crippen LogP contribution is 2.35. The van der Waals surface area contributed by atoms with Crippen molar-refractivity contribution in [3.05, 3.63) is 56.6 Å². The lowest BCUT2D eigenvalue weighted by molar-refractivity contribution is -0.393. The molecule has 2 aromatic rings. The number of carbonyl (C=O) groups is 1. The number of non-ortho nitro benzene ring substituents is 1. The van der Waals surface area contributed by atoms with Crippen LogP contribution in [-0.2, 0) is 14.3 Å². The number of anilines is 2. The van der Waals surface area contributed by atoms with Gasteiger partial charge in [-0.15, -0.1) is 10.2 Å². The zero-order chi connectivity index (χ0) is 28.2. The van der Waals surface area contributed by atoms with E-state index < -0.39 is 21.2 Å². The Kier molecular flexibility index (Phi) is 11.7. The summed E-state index contributed by atoms with van der Waals surface area (Å²) in [5, 5.41) is 42.3. The van der Waals surface area contributed by atoms with Crippen LogP contribution < -0.4 is 10.2 Å². The number of amides is 1. The van der Waals surface area contributed by atoms with E-state index in [0.717, 1.165) is 23.9 Å². The molecule has 0 fully saturated rings. The van der Waals surface area contributed by atoms with Gasteiger partial charge in [0.1, 0.15) is 5.69 Å². The fraction of sp³-hybridized carbons (Fsp3) is 0.458. The molecule has 1 amide bonds. The number of azo groups is 1. The fourth-order valence-electron chi connectivity index (χ4n) is 3.25. The highest BCUT2D eigenvalue weighted by atomic mass is 16.6. The van der Waals surface area contributed by atoms with Gasteiger partial charge in [-0.1, -0.05) is 0 Å². The molecule has 0 heterocycles. The molecule has 0 bridgehead atoms. The van der Waals surface area contributed by atoms with Crippen molar-refractivity contribution in [2.24, 2.45) is 10.2 Å². The first-order valence-corrected chi connectivity index (χ1v) is 11.9. The Morgan fingerprint density at radius 3 is 2.21 bits per heavy atom. The SMILES string of the molecule is CC(=O)Nc1cc(N(CCOC(C)C)CCOC(C)CO)ccc1/N=N/c1ccc([N+](=O)[O-])cc1[N+](=O)[O-]. The largest absolute Gasteiger partial charge is 0.394 e. The quantitative estimate of drug-likeness (QED) is 0.189. The van der Waals surface area contributed by atoms with E-state index in [4.69, 9.17) is 9.47 Å². The van der Waals surface area contributed by atoms with Gasteiger partial charge >= 0.3 is 5.69 Å². The minimum atomic E-state index is -0.782. The maximum Gasteiger partial charge on any atom is 0.303 e. The number of ether oxygens (including phenoxy) is 2. The second-order valence-electron chi connectivity index (χ2n) is 8.54. The van der Waals surface area contributed by atoms with Crippen LogP contribution in [0.5, 0.6) is 0 Å². The van der Waals surface area contributed by atoms with Crippen molar-refractivity contribution in [1.82, 2.24) is 0 Å². The fourth-order valence-corrected chi connectivity index (χ4v) is 3.25. The molecular formula is C24H32N6O8. The van der Waals surface area contributed by atoms with Crippen LogP contribution in [0.25, 0.3) is 0 Å². The van der Waals surface area contributed by atoms with Crippen LogP contribution in [0, 0.1) is 20.2 Å². The molecule has 14 nitrogen and oxygen atoms in total. The van der Waals surface area contributed by atoms with Gasteiger partial charge in [-0.25, -0.2) is 0 Å². The summed E-state index contributed by atoms with van der Waals surface area (Å²) in [5.74, 6) is -0.366. The third kappa shape index (κ3) is 9.46. The highest BCUT2D eigenvalue weighted by molar-refractivity contribution is 5.93. The molecule has 0 aromatic heterocycles. The zero-order valence-corrected chi connectivity index (χ0v) is 21.7. The first-order valence-electron chi connectivity index (χ1n) is 11.9. The monoisotopic (exact) mass is 532 g/mol. The maximum atomic E-state index is 11.9. The normalized spacial score (nSPS) is 12.1. The number of nitro groups is 2. The Morgan fingerprint density at radius 2 is 1.63 bits per heavy atom. The highest BCUT2D eigenvalue weighted by Gasteiger charge is 2.20. The van der Waals surface area contributed by atoms with Crippen LogP contribution >= 0.6 is 0 Å². The van der Waals surface area contributed by atoms with Gasteiger partial charge in [-0.2, -0.15) is 0 Å². The summed E-state index contributed by atoms with van der Waals surface area (Å²) in [4.78, 5) is 34.7. The molecule has 14 heteroatoms. The Labute approximate surface area is 219 Å². The van der Waals surface area contributed by atoms with Crippen molar-refractivity contribution in [3.63, 3.8) is 0 Å². The summed E-state index contributed by atoms with van der Waals surface area (Å²) in [6.07, 6.45) is -0.270. The van der Waals surface area contributed by atoms with E-state index in [1.54, 1.807) is 25.1 Å². The summed E-state index contributed by atoms with van der Waals surface area (Å²) >= 11 is 0. The first-order chi connectivity index (χ1) is 18.0. The lowest BCUT2D eigenvalue weighted by Gasteiger charge is -2.26. The van der Waals surface area contributed by atoms with Crippen LogP contribution in [-0.4, -0.2) is 66.0 Å². The number of aliphatic hydroxyl groups is 1. The second kappa shape index (κ2) is 14.7. The van der Waals surface area contributed by atoms with E-state index in [1.165, 1.54) is 6.92 Å². The summed E-state index contributed by atoms with van der Waals surface area (Å²) < 4.78 is 11.3. The summed E-state index contributed by atoms with van der Waals surface area (Å²) in [6.45, 7) is 8.61. The Bertz CT molecular complexity index is 1160. The zero-order valence-electron chi connectivity index (χ0n) is 21.7. The molecule has 0 spiro atoms. The van der Waals surface area contributed by atoms with Gasteiger partial charge in [0.05, 0.1) is 53.6 Å². The van der Waals surface area contributed by atoms with Crippen molar-refractivity contribution in [2.45, 2.75) is 39.9 Å². The number of hydrogen-bond donors (Lipinski definition) is 2. The molecule has 206 valence electrons. The average Bonchev–Trinajstić information content (AvgIpc) is 2.86. The number of carbonyl (C=O) groups excluding carboxylic acids is 1. The van der Waals surface area contributed by atoms with Crippen molar-refractivity contribution in [3.8, 4) is 0 Å². The van der Waals surface area contributed by atoms with E-state index in [0.29, 0.717) is 32.0 Å². The Morgan fingerprint density at radius 1 is 1.00 bits per heavy atom. The van der Waals surface area contributed by atoms with Crippen molar-refractivity contribution in [2.75, 3.05) is 43.1 Å². The Balaban J connectivity index is 2.38. The standard InChI is InChI=1S/C24H32N6O8/c1-16(2)37-11-9-28(10-12-38-17(3)15-31)19-5-7-21(23(13-19)25-18(4)32)26-27-22-8-6-20(29(33)34)14-24(22)30(35)36/h5-8,13-14,16-17,31H,9-12,15H2,1-4H3,(H,25,32)/b27-26+. The number of hydrogen-bond acceptors (Lipinski definition) is 11. The molecule has 1 atom stereocenters. The third-order valence-electron chi connectivity index (χ3n) is 5.12. The third-order valence-corrected chi connectivity index (χ3v) is 5.12. The van der Waals surface area contributed by atoms with Gasteiger partial charge < -0.3 is 24.8 Å². The molecule has 0 aliphatic heterocycles. The molecule has 0 aliphatic rings. The summed E-state index contributed by atoms with van der Waals surface area (Å²) in [5.41, 5.74) is 0.0532. The van der Waals surface area contributed by atoms with Gasteiger partial charge in [-0.05, 0) is 45.0 Å². The molecule has 0 aliphatic carbocycles. The predicted octanol–water partition coefficient (Wildman–Crippen LogP) is 4.51. The average molecular weight is 533 g/mol. The van der Waals surface area contributed by atoms with Gasteiger partial charge in [0.2, 0.25) is 5.91 Å². The van der Waals surface area contributed by atoms with Crippen LogP contribution in [0.15, 0.2) is 46.6 Å². The molecule has 2 aromatic carbocycles.